The van der Waals surface area contributed by atoms with Crippen LogP contribution in [-0.4, -0.2) is 18.9 Å². The van der Waals surface area contributed by atoms with E-state index in [2.05, 4.69) is 25.1 Å². The molecule has 4 nitrogen and oxygen atoms in total. The molecule has 0 N–H and O–H groups in total. The minimum atomic E-state index is -5.73. The van der Waals surface area contributed by atoms with Gasteiger partial charge in [-0.2, -0.15) is 21.6 Å². The highest BCUT2D eigenvalue weighted by Gasteiger charge is 2.48. The van der Waals surface area contributed by atoms with Crippen molar-refractivity contribution in [2.75, 3.05) is 0 Å². The third kappa shape index (κ3) is 3.98. The van der Waals surface area contributed by atoms with E-state index in [1.165, 1.54) is 6.07 Å². The summed E-state index contributed by atoms with van der Waals surface area (Å²) in [6.07, 6.45) is 0.310. The summed E-state index contributed by atoms with van der Waals surface area (Å²) in [6.45, 7) is 0. The van der Waals surface area contributed by atoms with Gasteiger partial charge in [-0.25, -0.2) is 4.98 Å². The Morgan fingerprint density at radius 3 is 2.32 bits per heavy atom. The normalized spacial score (nSPS) is 12.2. The van der Waals surface area contributed by atoms with Gasteiger partial charge in [0.15, 0.2) is 0 Å². The number of rotatable bonds is 4. The monoisotopic (exact) mass is 395 g/mol. The van der Waals surface area contributed by atoms with Crippen LogP contribution in [0.2, 0.25) is 0 Å². The molecule has 9 heteroatoms. The zero-order valence-corrected chi connectivity index (χ0v) is 13.2. The third-order valence-corrected chi connectivity index (χ3v) is 4.27. The Balaban J connectivity index is 2.28. The zero-order chi connectivity index (χ0) is 16.4. The van der Waals surface area contributed by atoms with Gasteiger partial charge in [0.05, 0.1) is 5.69 Å². The first kappa shape index (κ1) is 16.8. The van der Waals surface area contributed by atoms with Crippen LogP contribution in [0.4, 0.5) is 13.2 Å². The number of benzene rings is 1. The van der Waals surface area contributed by atoms with E-state index in [-0.39, 0.29) is 0 Å². The summed E-state index contributed by atoms with van der Waals surface area (Å²) in [5.74, 6) is -0.633. The Kier molecular flexibility index (Phi) is 4.76. The summed E-state index contributed by atoms with van der Waals surface area (Å²) in [7, 11) is -5.73. The van der Waals surface area contributed by atoms with Crippen molar-refractivity contribution < 1.29 is 25.8 Å². The molecule has 0 radical (unpaired) electrons. The fraction of sp³-hybridized carbons (Fsp3) is 0.154. The lowest BCUT2D eigenvalue weighted by Gasteiger charge is -2.10. The van der Waals surface area contributed by atoms with Crippen molar-refractivity contribution in [1.82, 2.24) is 4.98 Å². The Morgan fingerprint density at radius 2 is 1.73 bits per heavy atom. The summed E-state index contributed by atoms with van der Waals surface area (Å²) in [4.78, 5) is 3.82. The summed E-state index contributed by atoms with van der Waals surface area (Å²) in [6, 6.07) is 11.5. The van der Waals surface area contributed by atoms with Crippen LogP contribution >= 0.6 is 15.9 Å². The second kappa shape index (κ2) is 6.25. The van der Waals surface area contributed by atoms with Gasteiger partial charge in [0.25, 0.3) is 0 Å². The van der Waals surface area contributed by atoms with Crippen LogP contribution in [0.5, 0.6) is 5.88 Å². The van der Waals surface area contributed by atoms with Crippen LogP contribution in [0.1, 0.15) is 11.3 Å². The quantitative estimate of drug-likeness (QED) is 0.585. The molecular formula is C13H9BrF3NO3S. The van der Waals surface area contributed by atoms with E-state index in [1.54, 1.807) is 12.1 Å². The van der Waals surface area contributed by atoms with E-state index in [0.717, 1.165) is 11.6 Å². The number of hydrogen-bond acceptors (Lipinski definition) is 4. The van der Waals surface area contributed by atoms with E-state index in [0.29, 0.717) is 16.6 Å². The van der Waals surface area contributed by atoms with Gasteiger partial charge in [-0.15, -0.1) is 0 Å². The molecule has 2 rings (SSSR count). The van der Waals surface area contributed by atoms with Gasteiger partial charge in [0.2, 0.25) is 5.88 Å². The van der Waals surface area contributed by atoms with Crippen molar-refractivity contribution in [1.29, 1.82) is 0 Å². The first-order valence-corrected chi connectivity index (χ1v) is 8.09. The molecule has 0 amide bonds. The second-order valence-corrected chi connectivity index (χ2v) is 6.62. The van der Waals surface area contributed by atoms with Gasteiger partial charge < -0.3 is 4.18 Å². The van der Waals surface area contributed by atoms with Gasteiger partial charge in [-0.05, 0) is 27.6 Å². The molecule has 1 aromatic carbocycles. The smallest absolute Gasteiger partial charge is 0.355 e. The van der Waals surface area contributed by atoms with E-state index >= 15 is 0 Å². The van der Waals surface area contributed by atoms with Crippen molar-refractivity contribution in [3.05, 3.63) is 58.2 Å². The SMILES string of the molecule is O=S(=O)(Oc1ccc(Br)c(Cc2ccccc2)n1)C(F)(F)F. The van der Waals surface area contributed by atoms with Crippen LogP contribution in [0.25, 0.3) is 0 Å². The van der Waals surface area contributed by atoms with Crippen molar-refractivity contribution in [2.45, 2.75) is 11.9 Å². The van der Waals surface area contributed by atoms with Gasteiger partial charge in [0.1, 0.15) is 0 Å². The fourth-order valence-electron chi connectivity index (χ4n) is 1.58. The minimum Gasteiger partial charge on any atom is -0.355 e. The highest BCUT2D eigenvalue weighted by atomic mass is 79.9. The molecule has 0 aliphatic carbocycles. The Bertz CT molecular complexity index is 764. The van der Waals surface area contributed by atoms with Crippen LogP contribution in [0.3, 0.4) is 0 Å². The molecule has 0 spiro atoms. The first-order valence-electron chi connectivity index (χ1n) is 5.89. The summed E-state index contributed by atoms with van der Waals surface area (Å²) >= 11 is 3.22. The molecule has 0 aliphatic rings. The molecule has 1 heterocycles. The maximum Gasteiger partial charge on any atom is 0.534 e. The summed E-state index contributed by atoms with van der Waals surface area (Å²) in [5.41, 5.74) is -4.27. The molecule has 0 saturated carbocycles. The molecular weight excluding hydrogens is 387 g/mol. The van der Waals surface area contributed by atoms with Crippen molar-refractivity contribution >= 4 is 26.0 Å². The van der Waals surface area contributed by atoms with Crippen molar-refractivity contribution in [3.63, 3.8) is 0 Å². The fourth-order valence-corrected chi connectivity index (χ4v) is 2.36. The van der Waals surface area contributed by atoms with Gasteiger partial charge in [-0.1, -0.05) is 30.3 Å². The summed E-state index contributed by atoms with van der Waals surface area (Å²) in [5, 5.41) is 0. The maximum absolute atomic E-state index is 12.3. The molecule has 22 heavy (non-hydrogen) atoms. The standard InChI is InChI=1S/C13H9BrF3NO3S/c14-10-6-7-12(21-22(19,20)13(15,16)17)18-11(10)8-9-4-2-1-3-5-9/h1-7H,8H2. The highest BCUT2D eigenvalue weighted by Crippen LogP contribution is 2.28. The first-order chi connectivity index (χ1) is 10.2. The Labute approximate surface area is 133 Å². The van der Waals surface area contributed by atoms with E-state index in [1.807, 2.05) is 18.2 Å². The molecule has 2 aromatic rings. The van der Waals surface area contributed by atoms with E-state index < -0.39 is 21.5 Å². The number of nitrogens with zero attached hydrogens (tertiary/aromatic N) is 1. The van der Waals surface area contributed by atoms with Crippen LogP contribution in [-0.2, 0) is 16.5 Å². The Morgan fingerprint density at radius 1 is 1.09 bits per heavy atom. The topological polar surface area (TPSA) is 56.3 Å². The lowest BCUT2D eigenvalue weighted by atomic mass is 10.1. The summed E-state index contributed by atoms with van der Waals surface area (Å²) < 4.78 is 63.4. The van der Waals surface area contributed by atoms with Crippen LogP contribution < -0.4 is 4.18 Å². The largest absolute Gasteiger partial charge is 0.534 e. The van der Waals surface area contributed by atoms with Crippen molar-refractivity contribution in [2.24, 2.45) is 0 Å². The predicted molar refractivity (Wildman–Crippen MR) is 76.8 cm³/mol. The number of alkyl halides is 3. The third-order valence-electron chi connectivity index (χ3n) is 2.59. The highest BCUT2D eigenvalue weighted by molar-refractivity contribution is 9.10. The van der Waals surface area contributed by atoms with Crippen LogP contribution in [0, 0.1) is 0 Å². The second-order valence-electron chi connectivity index (χ2n) is 4.22. The number of aromatic nitrogens is 1. The van der Waals surface area contributed by atoms with Gasteiger partial charge in [0, 0.05) is 17.0 Å². The van der Waals surface area contributed by atoms with Gasteiger partial charge in [-0.3, -0.25) is 0 Å². The molecule has 1 aromatic heterocycles. The number of halogens is 4. The van der Waals surface area contributed by atoms with E-state index in [4.69, 9.17) is 0 Å². The lowest BCUT2D eigenvalue weighted by Crippen LogP contribution is -2.28. The van der Waals surface area contributed by atoms with Crippen LogP contribution in [0.15, 0.2) is 46.9 Å². The number of pyridine rings is 1. The lowest BCUT2D eigenvalue weighted by molar-refractivity contribution is -0.0501. The average Bonchev–Trinajstić information content (AvgIpc) is 2.42. The molecule has 0 fully saturated rings. The van der Waals surface area contributed by atoms with E-state index in [9.17, 15) is 21.6 Å². The predicted octanol–water partition coefficient (Wildman–Crippen LogP) is 3.66. The zero-order valence-electron chi connectivity index (χ0n) is 10.8. The van der Waals surface area contributed by atoms with Gasteiger partial charge >= 0.3 is 15.6 Å². The van der Waals surface area contributed by atoms with Crippen molar-refractivity contribution in [3.8, 4) is 5.88 Å². The molecule has 0 bridgehead atoms. The Hall–Kier alpha value is -1.61. The minimum absolute atomic E-state index is 0.310. The average molecular weight is 396 g/mol. The molecule has 0 unspecified atom stereocenters. The molecule has 0 aliphatic heterocycles. The maximum atomic E-state index is 12.3. The molecule has 118 valence electrons. The molecule has 0 saturated heterocycles. The number of hydrogen-bond donors (Lipinski definition) is 0. The molecule has 0 atom stereocenters.